The van der Waals surface area contributed by atoms with E-state index in [1.807, 2.05) is 26.8 Å². The van der Waals surface area contributed by atoms with E-state index < -0.39 is 0 Å². The Bertz CT molecular complexity index is 791. The minimum atomic E-state index is -0.280. The Kier molecular flexibility index (Phi) is 5.75. The second-order valence-corrected chi connectivity index (χ2v) is 6.68. The molecule has 140 valence electrons. The van der Waals surface area contributed by atoms with Gasteiger partial charge in [0.25, 0.3) is 0 Å². The number of nitrogens with two attached hydrogens (primary N) is 2. The molecular formula is C20H28FN5. The van der Waals surface area contributed by atoms with Crippen molar-refractivity contribution in [1.82, 2.24) is 10.3 Å². The van der Waals surface area contributed by atoms with Crippen LogP contribution in [0.25, 0.3) is 0 Å². The van der Waals surface area contributed by atoms with Gasteiger partial charge in [-0.3, -0.25) is 5.01 Å². The molecule has 0 saturated carbocycles. The van der Waals surface area contributed by atoms with Crippen molar-refractivity contribution in [3.05, 3.63) is 70.8 Å². The maximum Gasteiger partial charge on any atom is 0.146 e. The quantitative estimate of drug-likeness (QED) is 0.635. The first-order chi connectivity index (χ1) is 12.1. The van der Waals surface area contributed by atoms with Gasteiger partial charge in [0, 0.05) is 53.5 Å². The van der Waals surface area contributed by atoms with Crippen molar-refractivity contribution < 1.29 is 4.39 Å². The van der Waals surface area contributed by atoms with Crippen molar-refractivity contribution in [2.75, 3.05) is 7.05 Å². The first kappa shape index (κ1) is 19.6. The highest BCUT2D eigenvalue weighted by Gasteiger charge is 2.35. The molecule has 0 aromatic heterocycles. The smallest absolute Gasteiger partial charge is 0.146 e. The number of hydrogen-bond donors (Lipinski definition) is 3. The number of nitrogens with one attached hydrogen (secondary N) is 1. The van der Waals surface area contributed by atoms with Gasteiger partial charge in [-0.05, 0) is 38.0 Å². The highest BCUT2D eigenvalue weighted by Crippen LogP contribution is 2.37. The van der Waals surface area contributed by atoms with E-state index in [4.69, 9.17) is 11.5 Å². The number of fused-ring (bicyclic) bond motifs is 1. The van der Waals surface area contributed by atoms with Crippen LogP contribution in [0.3, 0.4) is 0 Å². The lowest BCUT2D eigenvalue weighted by Gasteiger charge is -2.25. The maximum atomic E-state index is 14.6. The number of nitrogens with zero attached hydrogens (tertiary/aromatic N) is 2. The zero-order valence-electron chi connectivity index (χ0n) is 16.0. The van der Waals surface area contributed by atoms with Crippen LogP contribution < -0.4 is 16.8 Å². The zero-order chi connectivity index (χ0) is 19.6. The molecule has 1 heterocycles. The van der Waals surface area contributed by atoms with Crippen molar-refractivity contribution in [1.29, 1.82) is 0 Å². The first-order valence-corrected chi connectivity index (χ1v) is 8.62. The van der Waals surface area contributed by atoms with Crippen molar-refractivity contribution in [2.45, 2.75) is 33.6 Å². The van der Waals surface area contributed by atoms with E-state index in [0.717, 1.165) is 23.4 Å². The third kappa shape index (κ3) is 3.90. The molecule has 0 aromatic carbocycles. The molecule has 6 heteroatoms. The Morgan fingerprint density at radius 1 is 1.42 bits per heavy atom. The van der Waals surface area contributed by atoms with Gasteiger partial charge in [0.2, 0.25) is 0 Å². The topological polar surface area (TPSA) is 79.7 Å². The Morgan fingerprint density at radius 3 is 2.62 bits per heavy atom. The fourth-order valence-electron chi connectivity index (χ4n) is 3.11. The molecule has 0 aromatic rings. The lowest BCUT2D eigenvalue weighted by Crippen LogP contribution is -2.25. The van der Waals surface area contributed by atoms with Gasteiger partial charge in [-0.25, -0.2) is 4.39 Å². The third-order valence-electron chi connectivity index (χ3n) is 4.66. The molecule has 1 unspecified atom stereocenters. The molecular weight excluding hydrogens is 329 g/mol. The van der Waals surface area contributed by atoms with Crippen molar-refractivity contribution >= 4 is 5.71 Å². The average molecular weight is 357 g/mol. The zero-order valence-corrected chi connectivity index (χ0v) is 16.0. The molecule has 0 radical (unpaired) electrons. The second-order valence-electron chi connectivity index (χ2n) is 6.68. The Hall–Kier alpha value is -2.76. The normalized spacial score (nSPS) is 21.0. The summed E-state index contributed by atoms with van der Waals surface area (Å²) in [6.07, 6.45) is 4.74. The van der Waals surface area contributed by atoms with Crippen LogP contribution >= 0.6 is 0 Å². The minimum Gasteiger partial charge on any atom is -0.402 e. The molecule has 2 rings (SSSR count). The molecule has 1 atom stereocenters. The molecule has 0 amide bonds. The molecule has 2 aliphatic rings. The standard InChI is InChI=1S/C20H28FN5/c1-7-19-17-9-15(10-18(21)20(17)26(6)25-19)24-14(5)16(13(4)23)8-11(2)12(3)22/h8,10,17,24H,4-5,7,9,22-23H2,1-3,6H3/b12-11+,16-8-. The van der Waals surface area contributed by atoms with Crippen molar-refractivity contribution in [3.8, 4) is 0 Å². The summed E-state index contributed by atoms with van der Waals surface area (Å²) in [7, 11) is 1.78. The van der Waals surface area contributed by atoms with Crippen molar-refractivity contribution in [3.63, 3.8) is 0 Å². The van der Waals surface area contributed by atoms with Gasteiger partial charge in [0.1, 0.15) is 5.83 Å². The summed E-state index contributed by atoms with van der Waals surface area (Å²) in [4.78, 5) is 0. The van der Waals surface area contributed by atoms with Crippen LogP contribution in [-0.2, 0) is 0 Å². The second kappa shape index (κ2) is 7.64. The SMILES string of the molecule is C=C(N)/C(=C/C(C)=C(\C)N)C(=C)NC1=CC(F)=C2C(C1)C(CC)=NN2C. The van der Waals surface area contributed by atoms with E-state index >= 15 is 0 Å². The van der Waals surface area contributed by atoms with Crippen LogP contribution in [0.4, 0.5) is 4.39 Å². The Morgan fingerprint density at radius 2 is 2.08 bits per heavy atom. The predicted molar refractivity (Wildman–Crippen MR) is 106 cm³/mol. The van der Waals surface area contributed by atoms with Gasteiger partial charge in [-0.15, -0.1) is 0 Å². The molecule has 1 aliphatic carbocycles. The largest absolute Gasteiger partial charge is 0.402 e. The van der Waals surface area contributed by atoms with Crippen molar-refractivity contribution in [2.24, 2.45) is 22.5 Å². The van der Waals surface area contributed by atoms with Gasteiger partial charge < -0.3 is 16.8 Å². The summed E-state index contributed by atoms with van der Waals surface area (Å²) in [5, 5.41) is 9.27. The van der Waals surface area contributed by atoms with Crippen LogP contribution in [-0.4, -0.2) is 17.8 Å². The first-order valence-electron chi connectivity index (χ1n) is 8.62. The fourth-order valence-corrected chi connectivity index (χ4v) is 3.11. The monoisotopic (exact) mass is 357 g/mol. The van der Waals surface area contributed by atoms with Crippen LogP contribution in [0, 0.1) is 5.92 Å². The average Bonchev–Trinajstić information content (AvgIpc) is 2.88. The summed E-state index contributed by atoms with van der Waals surface area (Å²) in [5.74, 6) is -0.330. The summed E-state index contributed by atoms with van der Waals surface area (Å²) in [5.41, 5.74) is 17.2. The van der Waals surface area contributed by atoms with Gasteiger partial charge in [-0.2, -0.15) is 5.10 Å². The lowest BCUT2D eigenvalue weighted by atomic mass is 9.89. The number of hydrazone groups is 1. The van der Waals surface area contributed by atoms with E-state index in [9.17, 15) is 4.39 Å². The van der Waals surface area contributed by atoms with Gasteiger partial charge in [0.15, 0.2) is 0 Å². The summed E-state index contributed by atoms with van der Waals surface area (Å²) < 4.78 is 14.6. The highest BCUT2D eigenvalue weighted by atomic mass is 19.1. The molecule has 0 spiro atoms. The van der Waals surface area contributed by atoms with Crippen LogP contribution in [0.15, 0.2) is 75.9 Å². The molecule has 0 saturated heterocycles. The number of allylic oxidation sites excluding steroid dienone is 7. The number of halogens is 1. The van der Waals surface area contributed by atoms with Gasteiger partial charge >= 0.3 is 0 Å². The van der Waals surface area contributed by atoms with Crippen LogP contribution in [0.5, 0.6) is 0 Å². The molecule has 0 fully saturated rings. The van der Waals surface area contributed by atoms with E-state index in [0.29, 0.717) is 34.8 Å². The number of rotatable bonds is 6. The summed E-state index contributed by atoms with van der Waals surface area (Å²) in [6, 6.07) is 0. The minimum absolute atomic E-state index is 0.0493. The van der Waals surface area contributed by atoms with Gasteiger partial charge in [-0.1, -0.05) is 20.1 Å². The molecule has 1 aliphatic heterocycles. The van der Waals surface area contributed by atoms with Crippen LogP contribution in [0.2, 0.25) is 0 Å². The third-order valence-corrected chi connectivity index (χ3v) is 4.66. The molecule has 5 N–H and O–H groups in total. The Labute approximate surface area is 155 Å². The van der Waals surface area contributed by atoms with E-state index in [-0.39, 0.29) is 11.7 Å². The Balaban J connectivity index is 2.27. The molecule has 0 bridgehead atoms. The predicted octanol–water partition coefficient (Wildman–Crippen LogP) is 3.54. The summed E-state index contributed by atoms with van der Waals surface area (Å²) >= 11 is 0. The fraction of sp³-hybridized carbons (Fsp3) is 0.350. The maximum absolute atomic E-state index is 14.6. The number of hydrogen-bond acceptors (Lipinski definition) is 5. The van der Waals surface area contributed by atoms with E-state index in [2.05, 4.69) is 23.6 Å². The van der Waals surface area contributed by atoms with E-state index in [1.54, 1.807) is 12.1 Å². The molecule has 26 heavy (non-hydrogen) atoms. The summed E-state index contributed by atoms with van der Waals surface area (Å²) in [6.45, 7) is 13.6. The van der Waals surface area contributed by atoms with Gasteiger partial charge in [0.05, 0.1) is 5.70 Å². The van der Waals surface area contributed by atoms with E-state index in [1.165, 1.54) is 6.08 Å². The van der Waals surface area contributed by atoms with Crippen LogP contribution in [0.1, 0.15) is 33.6 Å². The lowest BCUT2D eigenvalue weighted by molar-refractivity contribution is 0.410. The molecule has 5 nitrogen and oxygen atoms in total. The highest BCUT2D eigenvalue weighted by molar-refractivity contribution is 5.91.